The molecule has 0 spiro atoms. The number of aliphatic imine (C=N–C) groups is 1. The zero-order chi connectivity index (χ0) is 17.4. The maximum absolute atomic E-state index is 5.96. The molecule has 1 aliphatic heterocycles. The van der Waals surface area contributed by atoms with Crippen molar-refractivity contribution in [2.24, 2.45) is 4.99 Å². The Morgan fingerprint density at radius 3 is 2.58 bits per heavy atom. The molecule has 1 fully saturated rings. The summed E-state index contributed by atoms with van der Waals surface area (Å²) in [5.74, 6) is 0.794. The Hall–Kier alpha value is -1.30. The fraction of sp³-hybridized carbons (Fsp3) is 0.611. The van der Waals surface area contributed by atoms with Gasteiger partial charge in [0.2, 0.25) is 0 Å². The summed E-state index contributed by atoms with van der Waals surface area (Å²) in [7, 11) is 1.76. The highest BCUT2D eigenvalue weighted by Gasteiger charge is 2.32. The van der Waals surface area contributed by atoms with Gasteiger partial charge in [0.25, 0.3) is 0 Å². The van der Waals surface area contributed by atoms with Crippen molar-refractivity contribution in [3.63, 3.8) is 0 Å². The maximum atomic E-state index is 5.96. The smallest absolute Gasteiger partial charge is 0.191 e. The Morgan fingerprint density at radius 2 is 2.00 bits per heavy atom. The highest BCUT2D eigenvalue weighted by molar-refractivity contribution is 6.30. The first-order chi connectivity index (χ1) is 11.6. The largest absolute Gasteiger partial charge is 0.381 e. The van der Waals surface area contributed by atoms with Gasteiger partial charge in [0, 0.05) is 44.7 Å². The summed E-state index contributed by atoms with van der Waals surface area (Å²) in [5.41, 5.74) is 0.946. The summed E-state index contributed by atoms with van der Waals surface area (Å²) in [6, 6.07) is 7.99. The third-order valence-corrected chi connectivity index (χ3v) is 4.68. The predicted octanol–water partition coefficient (Wildman–Crippen LogP) is 3.15. The van der Waals surface area contributed by atoms with E-state index in [9.17, 15) is 0 Å². The van der Waals surface area contributed by atoms with Crippen molar-refractivity contribution in [3.05, 3.63) is 34.9 Å². The lowest BCUT2D eigenvalue weighted by Crippen LogP contribution is -2.44. The summed E-state index contributed by atoms with van der Waals surface area (Å²) < 4.78 is 11.2. The van der Waals surface area contributed by atoms with Crippen LogP contribution in [0.3, 0.4) is 0 Å². The van der Waals surface area contributed by atoms with Crippen molar-refractivity contribution in [1.82, 2.24) is 10.6 Å². The van der Waals surface area contributed by atoms with Crippen LogP contribution in [0.25, 0.3) is 0 Å². The van der Waals surface area contributed by atoms with Crippen LogP contribution in [0.15, 0.2) is 29.3 Å². The van der Waals surface area contributed by atoms with Crippen molar-refractivity contribution >= 4 is 17.6 Å². The Morgan fingerprint density at radius 1 is 1.33 bits per heavy atom. The molecule has 0 amide bonds. The molecule has 0 bridgehead atoms. The molecule has 1 heterocycles. The number of hydrogen-bond donors (Lipinski definition) is 2. The van der Waals surface area contributed by atoms with E-state index in [0.29, 0.717) is 6.54 Å². The number of rotatable bonds is 6. The molecule has 24 heavy (non-hydrogen) atoms. The summed E-state index contributed by atoms with van der Waals surface area (Å²) in [4.78, 5) is 4.75. The molecular formula is C18H28ClN3O2. The van der Waals surface area contributed by atoms with E-state index in [1.54, 1.807) is 7.11 Å². The summed E-state index contributed by atoms with van der Waals surface area (Å²) >= 11 is 5.96. The standard InChI is InChI=1S/C18H28ClN3O2/c1-4-20-17(21-13-18(23-3)9-11-24-12-10-18)22-14(2)15-5-7-16(19)8-6-15/h5-8,14H,4,9-13H2,1-3H3,(H2,20,21,22). The van der Waals surface area contributed by atoms with E-state index in [-0.39, 0.29) is 11.6 Å². The molecule has 1 unspecified atom stereocenters. The second kappa shape index (κ2) is 9.25. The molecule has 134 valence electrons. The Balaban J connectivity index is 2.03. The minimum atomic E-state index is -0.218. The minimum Gasteiger partial charge on any atom is -0.381 e. The molecule has 1 aromatic carbocycles. The van der Waals surface area contributed by atoms with E-state index in [2.05, 4.69) is 24.5 Å². The van der Waals surface area contributed by atoms with Gasteiger partial charge in [-0.3, -0.25) is 4.99 Å². The van der Waals surface area contributed by atoms with E-state index in [0.717, 1.165) is 49.1 Å². The molecular weight excluding hydrogens is 326 g/mol. The molecule has 0 aliphatic carbocycles. The van der Waals surface area contributed by atoms with Crippen molar-refractivity contribution in [3.8, 4) is 0 Å². The highest BCUT2D eigenvalue weighted by Crippen LogP contribution is 2.24. The number of benzene rings is 1. The van der Waals surface area contributed by atoms with Crippen molar-refractivity contribution in [2.45, 2.75) is 38.3 Å². The van der Waals surface area contributed by atoms with Crippen LogP contribution in [0.4, 0.5) is 0 Å². The maximum Gasteiger partial charge on any atom is 0.191 e. The van der Waals surface area contributed by atoms with Gasteiger partial charge in [0.05, 0.1) is 18.2 Å². The summed E-state index contributed by atoms with van der Waals surface area (Å²) in [6.45, 7) is 7.06. The predicted molar refractivity (Wildman–Crippen MR) is 98.8 cm³/mol. The van der Waals surface area contributed by atoms with Crippen LogP contribution in [0.5, 0.6) is 0 Å². The molecule has 2 N–H and O–H groups in total. The second-order valence-electron chi connectivity index (χ2n) is 6.11. The van der Waals surface area contributed by atoms with Gasteiger partial charge in [-0.05, 0) is 31.5 Å². The van der Waals surface area contributed by atoms with Crippen LogP contribution in [-0.4, -0.2) is 45.0 Å². The minimum absolute atomic E-state index is 0.133. The number of methoxy groups -OCH3 is 1. The van der Waals surface area contributed by atoms with Gasteiger partial charge >= 0.3 is 0 Å². The van der Waals surface area contributed by atoms with Crippen molar-refractivity contribution in [2.75, 3.05) is 33.4 Å². The third kappa shape index (κ3) is 5.36. The molecule has 6 heteroatoms. The molecule has 5 nitrogen and oxygen atoms in total. The zero-order valence-corrected chi connectivity index (χ0v) is 15.5. The average Bonchev–Trinajstić information content (AvgIpc) is 2.61. The molecule has 0 radical (unpaired) electrons. The van der Waals surface area contributed by atoms with E-state index in [4.69, 9.17) is 26.1 Å². The van der Waals surface area contributed by atoms with Gasteiger partial charge in [0.15, 0.2) is 5.96 Å². The molecule has 0 aromatic heterocycles. The lowest BCUT2D eigenvalue weighted by atomic mass is 9.94. The van der Waals surface area contributed by atoms with Gasteiger partial charge in [-0.25, -0.2) is 0 Å². The first-order valence-corrected chi connectivity index (χ1v) is 8.89. The van der Waals surface area contributed by atoms with Crippen LogP contribution in [0.1, 0.15) is 38.3 Å². The molecule has 1 saturated heterocycles. The number of nitrogens with one attached hydrogen (secondary N) is 2. The van der Waals surface area contributed by atoms with Crippen molar-refractivity contribution < 1.29 is 9.47 Å². The fourth-order valence-electron chi connectivity index (χ4n) is 2.75. The first-order valence-electron chi connectivity index (χ1n) is 8.52. The molecule has 1 aliphatic rings. The van der Waals surface area contributed by atoms with Crippen LogP contribution < -0.4 is 10.6 Å². The topological polar surface area (TPSA) is 54.9 Å². The third-order valence-electron chi connectivity index (χ3n) is 4.43. The quantitative estimate of drug-likeness (QED) is 0.609. The van der Waals surface area contributed by atoms with E-state index >= 15 is 0 Å². The Bertz CT molecular complexity index is 528. The number of guanidine groups is 1. The van der Waals surface area contributed by atoms with Gasteiger partial charge in [-0.1, -0.05) is 23.7 Å². The summed E-state index contributed by atoms with van der Waals surface area (Å²) in [6.07, 6.45) is 1.75. The summed E-state index contributed by atoms with van der Waals surface area (Å²) in [5, 5.41) is 7.49. The van der Waals surface area contributed by atoms with E-state index < -0.39 is 0 Å². The van der Waals surface area contributed by atoms with Gasteiger partial charge in [-0.15, -0.1) is 0 Å². The van der Waals surface area contributed by atoms with E-state index in [1.165, 1.54) is 0 Å². The number of nitrogens with zero attached hydrogens (tertiary/aromatic N) is 1. The van der Waals surface area contributed by atoms with Crippen LogP contribution >= 0.6 is 11.6 Å². The Labute approximate surface area is 149 Å². The van der Waals surface area contributed by atoms with E-state index in [1.807, 2.05) is 24.3 Å². The Kier molecular flexibility index (Phi) is 7.34. The van der Waals surface area contributed by atoms with Gasteiger partial charge in [0.1, 0.15) is 0 Å². The lowest BCUT2D eigenvalue weighted by Gasteiger charge is -2.34. The monoisotopic (exact) mass is 353 g/mol. The van der Waals surface area contributed by atoms with Crippen LogP contribution in [0, 0.1) is 0 Å². The average molecular weight is 354 g/mol. The van der Waals surface area contributed by atoms with Crippen molar-refractivity contribution in [1.29, 1.82) is 0 Å². The molecule has 2 rings (SSSR count). The SMILES string of the molecule is CCNC(=NCC1(OC)CCOCC1)NC(C)c1ccc(Cl)cc1. The van der Waals surface area contributed by atoms with Crippen LogP contribution in [-0.2, 0) is 9.47 Å². The molecule has 1 aromatic rings. The zero-order valence-electron chi connectivity index (χ0n) is 14.8. The van der Waals surface area contributed by atoms with Gasteiger partial charge < -0.3 is 20.1 Å². The van der Waals surface area contributed by atoms with Gasteiger partial charge in [-0.2, -0.15) is 0 Å². The lowest BCUT2D eigenvalue weighted by molar-refractivity contribution is -0.0828. The highest BCUT2D eigenvalue weighted by atomic mass is 35.5. The number of hydrogen-bond acceptors (Lipinski definition) is 3. The second-order valence-corrected chi connectivity index (χ2v) is 6.55. The van der Waals surface area contributed by atoms with Crippen LogP contribution in [0.2, 0.25) is 5.02 Å². The number of halogens is 1. The first kappa shape index (κ1) is 19.0. The molecule has 0 saturated carbocycles. The normalized spacial score (nSPS) is 18.9. The fourth-order valence-corrected chi connectivity index (χ4v) is 2.88. The number of ether oxygens (including phenoxy) is 2. The molecule has 1 atom stereocenters.